The van der Waals surface area contributed by atoms with E-state index in [1.807, 2.05) is 72.9 Å². The van der Waals surface area contributed by atoms with Crippen LogP contribution in [0.4, 0.5) is 0 Å². The molecule has 198 valence electrons. The van der Waals surface area contributed by atoms with E-state index in [4.69, 9.17) is 4.98 Å². The summed E-state index contributed by atoms with van der Waals surface area (Å²) in [6.07, 6.45) is 1.83. The zero-order chi connectivity index (χ0) is 28.1. The van der Waals surface area contributed by atoms with Crippen molar-refractivity contribution in [3.05, 3.63) is 158 Å². The third-order valence-electron chi connectivity index (χ3n) is 8.36. The molecule has 0 N–H and O–H groups in total. The van der Waals surface area contributed by atoms with Crippen LogP contribution in [0, 0.1) is 0 Å². The van der Waals surface area contributed by atoms with E-state index in [0.29, 0.717) is 0 Å². The van der Waals surface area contributed by atoms with Gasteiger partial charge in [-0.25, -0.2) is 0 Å². The number of rotatable bonds is 4. The molecule has 0 saturated heterocycles. The van der Waals surface area contributed by atoms with Gasteiger partial charge in [0.2, 0.25) is 0 Å². The first-order valence-corrected chi connectivity index (χ1v) is 15.9. The molecule has 0 spiro atoms. The maximum absolute atomic E-state index is 15.0. The minimum absolute atomic E-state index is 0.725. The molecule has 0 aliphatic rings. The first kappa shape index (κ1) is 24.7. The van der Waals surface area contributed by atoms with Crippen molar-refractivity contribution in [2.75, 3.05) is 0 Å². The van der Waals surface area contributed by atoms with E-state index >= 15 is 0 Å². The predicted molar refractivity (Wildman–Crippen MR) is 179 cm³/mol. The number of benzene rings is 7. The first-order valence-electron chi connectivity index (χ1n) is 14.2. The van der Waals surface area contributed by atoms with Crippen molar-refractivity contribution < 1.29 is 4.57 Å². The number of fused-ring (bicyclic) bond motifs is 7. The molecule has 0 aliphatic heterocycles. The van der Waals surface area contributed by atoms with Crippen LogP contribution in [0.5, 0.6) is 0 Å². The fourth-order valence-electron chi connectivity index (χ4n) is 6.44. The normalized spacial score (nSPS) is 11.9. The largest absolute Gasteiger partial charge is 0.309 e. The van der Waals surface area contributed by atoms with E-state index in [1.54, 1.807) is 0 Å². The lowest BCUT2D eigenvalue weighted by molar-refractivity contribution is 0.592. The summed E-state index contributed by atoms with van der Waals surface area (Å²) in [6.45, 7) is 0. The van der Waals surface area contributed by atoms with Gasteiger partial charge in [-0.2, -0.15) is 0 Å². The van der Waals surface area contributed by atoms with Crippen molar-refractivity contribution >= 4 is 66.1 Å². The van der Waals surface area contributed by atoms with Gasteiger partial charge in [-0.05, 0) is 55.9 Å². The zero-order valence-electron chi connectivity index (χ0n) is 22.8. The highest BCUT2D eigenvalue weighted by molar-refractivity contribution is 7.85. The Bertz CT molecular complexity index is 2270. The Morgan fingerprint density at radius 1 is 0.429 bits per heavy atom. The highest BCUT2D eigenvalue weighted by Crippen LogP contribution is 2.45. The SMILES string of the molecule is O=P(c1ccccc1)(c1ccccc1)c1ccc(-c2c3ccccc3cc3c4ccccc4c4ccccc4c23)nc1. The van der Waals surface area contributed by atoms with Crippen molar-refractivity contribution in [1.29, 1.82) is 0 Å². The summed E-state index contributed by atoms with van der Waals surface area (Å²) in [5, 5.41) is 12.0. The molecular formula is C39H26NOP. The smallest absolute Gasteiger partial charge is 0.172 e. The van der Waals surface area contributed by atoms with Crippen molar-refractivity contribution in [3.63, 3.8) is 0 Å². The van der Waals surface area contributed by atoms with E-state index in [0.717, 1.165) is 32.6 Å². The molecule has 3 heteroatoms. The summed E-state index contributed by atoms with van der Waals surface area (Å²) in [4.78, 5) is 5.08. The lowest BCUT2D eigenvalue weighted by atomic mass is 9.87. The van der Waals surface area contributed by atoms with Gasteiger partial charge in [-0.15, -0.1) is 0 Å². The monoisotopic (exact) mass is 555 g/mol. The van der Waals surface area contributed by atoms with Crippen molar-refractivity contribution in [1.82, 2.24) is 4.98 Å². The molecule has 0 fully saturated rings. The average Bonchev–Trinajstić information content (AvgIpc) is 3.08. The van der Waals surface area contributed by atoms with E-state index in [1.165, 1.54) is 37.7 Å². The Balaban J connectivity index is 1.44. The molecule has 0 aliphatic carbocycles. The summed E-state index contributed by atoms with van der Waals surface area (Å²) in [5.41, 5.74) is 1.97. The van der Waals surface area contributed by atoms with E-state index in [-0.39, 0.29) is 0 Å². The van der Waals surface area contributed by atoms with Crippen LogP contribution in [0.2, 0.25) is 0 Å². The van der Waals surface area contributed by atoms with Gasteiger partial charge in [-0.3, -0.25) is 4.98 Å². The third-order valence-corrected chi connectivity index (χ3v) is 11.4. The second-order valence-electron chi connectivity index (χ2n) is 10.7. The quantitative estimate of drug-likeness (QED) is 0.123. The summed E-state index contributed by atoms with van der Waals surface area (Å²) < 4.78 is 15.0. The van der Waals surface area contributed by atoms with Gasteiger partial charge in [0.1, 0.15) is 0 Å². The average molecular weight is 556 g/mol. The molecule has 1 aromatic heterocycles. The second kappa shape index (κ2) is 9.80. The summed E-state index contributed by atoms with van der Waals surface area (Å²) in [7, 11) is -3.12. The van der Waals surface area contributed by atoms with Gasteiger partial charge < -0.3 is 4.57 Å². The van der Waals surface area contributed by atoms with Gasteiger partial charge in [-0.1, -0.05) is 133 Å². The van der Waals surface area contributed by atoms with Gasteiger partial charge in [0.25, 0.3) is 0 Å². The minimum atomic E-state index is -3.12. The first-order chi connectivity index (χ1) is 20.7. The lowest BCUT2D eigenvalue weighted by Crippen LogP contribution is -2.25. The molecule has 0 saturated carbocycles. The standard InChI is InChI=1S/C39H26NOP/c41-42(28-14-3-1-4-15-28,29-16-5-2-6-17-29)30-23-24-37(40-26-30)39-31-18-8-7-13-27(31)25-36-34-21-10-9-19-32(34)33-20-11-12-22-35(33)38(36)39/h1-26H. The Morgan fingerprint density at radius 2 is 0.929 bits per heavy atom. The highest BCUT2D eigenvalue weighted by Gasteiger charge is 2.30. The number of hydrogen-bond acceptors (Lipinski definition) is 2. The second-order valence-corrected chi connectivity index (χ2v) is 13.4. The molecule has 8 aromatic rings. The molecule has 0 radical (unpaired) electrons. The van der Waals surface area contributed by atoms with Crippen LogP contribution in [0.25, 0.3) is 54.3 Å². The van der Waals surface area contributed by atoms with Crippen LogP contribution in [0.15, 0.2) is 158 Å². The molecule has 0 amide bonds. The predicted octanol–water partition coefficient (Wildman–Crippen LogP) is 9.00. The van der Waals surface area contributed by atoms with Crippen LogP contribution in [-0.2, 0) is 4.57 Å². The number of aromatic nitrogens is 1. The van der Waals surface area contributed by atoms with Crippen LogP contribution >= 0.6 is 7.14 Å². The zero-order valence-corrected chi connectivity index (χ0v) is 23.7. The molecule has 1 heterocycles. The fourth-order valence-corrected chi connectivity index (χ4v) is 9.02. The maximum atomic E-state index is 15.0. The van der Waals surface area contributed by atoms with Gasteiger partial charge in [0.15, 0.2) is 7.14 Å². The van der Waals surface area contributed by atoms with Gasteiger partial charge in [0.05, 0.1) is 5.69 Å². The molecule has 8 rings (SSSR count). The topological polar surface area (TPSA) is 30.0 Å². The molecule has 7 aromatic carbocycles. The van der Waals surface area contributed by atoms with Gasteiger partial charge >= 0.3 is 0 Å². The number of nitrogens with zero attached hydrogens (tertiary/aromatic N) is 1. The maximum Gasteiger partial charge on any atom is 0.172 e. The Morgan fingerprint density at radius 3 is 1.52 bits per heavy atom. The summed E-state index contributed by atoms with van der Waals surface area (Å²) in [5.74, 6) is 0. The molecule has 0 atom stereocenters. The Labute approximate surface area is 244 Å². The van der Waals surface area contributed by atoms with Crippen LogP contribution < -0.4 is 15.9 Å². The lowest BCUT2D eigenvalue weighted by Gasteiger charge is -2.20. The van der Waals surface area contributed by atoms with Crippen molar-refractivity contribution in [2.45, 2.75) is 0 Å². The van der Waals surface area contributed by atoms with E-state index in [2.05, 4.69) is 84.9 Å². The summed E-state index contributed by atoms with van der Waals surface area (Å²) in [6, 6.07) is 51.8. The summed E-state index contributed by atoms with van der Waals surface area (Å²) >= 11 is 0. The van der Waals surface area contributed by atoms with E-state index in [9.17, 15) is 4.57 Å². The van der Waals surface area contributed by atoms with Gasteiger partial charge in [0, 0.05) is 33.1 Å². The highest BCUT2D eigenvalue weighted by atomic mass is 31.2. The van der Waals surface area contributed by atoms with E-state index < -0.39 is 7.14 Å². The Kier molecular flexibility index (Phi) is 5.77. The molecule has 0 bridgehead atoms. The van der Waals surface area contributed by atoms with Crippen LogP contribution in [-0.4, -0.2) is 4.98 Å². The van der Waals surface area contributed by atoms with Crippen LogP contribution in [0.3, 0.4) is 0 Å². The number of pyridine rings is 1. The fraction of sp³-hybridized carbons (Fsp3) is 0. The third kappa shape index (κ3) is 3.73. The molecule has 42 heavy (non-hydrogen) atoms. The number of hydrogen-bond donors (Lipinski definition) is 0. The van der Waals surface area contributed by atoms with Crippen molar-refractivity contribution in [2.24, 2.45) is 0 Å². The molecular weight excluding hydrogens is 529 g/mol. The molecule has 0 unspecified atom stereocenters. The Hall–Kier alpha value is -5.04. The molecule has 2 nitrogen and oxygen atoms in total. The van der Waals surface area contributed by atoms with Crippen molar-refractivity contribution in [3.8, 4) is 11.3 Å². The minimum Gasteiger partial charge on any atom is -0.309 e. The van der Waals surface area contributed by atoms with Crippen LogP contribution in [0.1, 0.15) is 0 Å².